The van der Waals surface area contributed by atoms with E-state index in [4.69, 9.17) is 0 Å². The highest BCUT2D eigenvalue weighted by Crippen LogP contribution is 2.34. The normalized spacial score (nSPS) is 23.4. The zero-order valence-corrected chi connectivity index (χ0v) is 15.6. The second-order valence-electron chi connectivity index (χ2n) is 7.31. The van der Waals surface area contributed by atoms with Crippen molar-refractivity contribution in [3.63, 3.8) is 0 Å². The summed E-state index contributed by atoms with van der Waals surface area (Å²) in [6.45, 7) is 3.10. The molecule has 0 N–H and O–H groups in total. The van der Waals surface area contributed by atoms with Crippen LogP contribution in [0.3, 0.4) is 0 Å². The quantitative estimate of drug-likeness (QED) is 0.765. The lowest BCUT2D eigenvalue weighted by Crippen LogP contribution is -2.44. The van der Waals surface area contributed by atoms with Crippen LogP contribution in [0.5, 0.6) is 0 Å². The molecule has 0 spiro atoms. The highest BCUT2D eigenvalue weighted by molar-refractivity contribution is 7.09. The summed E-state index contributed by atoms with van der Waals surface area (Å²) in [5.74, 6) is 0.0973. The molecule has 0 saturated carbocycles. The fourth-order valence-corrected chi connectivity index (χ4v) is 4.98. The molecule has 1 aromatic carbocycles. The molecule has 0 unspecified atom stereocenters. The van der Waals surface area contributed by atoms with E-state index in [0.29, 0.717) is 19.0 Å². The summed E-state index contributed by atoms with van der Waals surface area (Å²) in [6, 6.07) is 9.20. The van der Waals surface area contributed by atoms with Crippen LogP contribution in [-0.4, -0.2) is 41.4 Å². The molecule has 2 aromatic rings. The maximum atomic E-state index is 13.0. The van der Waals surface area contributed by atoms with Crippen molar-refractivity contribution in [3.05, 3.63) is 57.8 Å². The summed E-state index contributed by atoms with van der Waals surface area (Å²) in [7, 11) is 0. The summed E-state index contributed by atoms with van der Waals surface area (Å²) < 4.78 is 38.9. The summed E-state index contributed by atoms with van der Waals surface area (Å²) in [5.41, 5.74) is -0.655. The zero-order valence-electron chi connectivity index (χ0n) is 14.8. The van der Waals surface area contributed by atoms with Crippen molar-refractivity contribution in [1.82, 2.24) is 9.80 Å². The number of hydrogen-bond donors (Lipinski definition) is 0. The van der Waals surface area contributed by atoms with Gasteiger partial charge in [-0.2, -0.15) is 13.2 Å². The minimum absolute atomic E-state index is 0.119. The largest absolute Gasteiger partial charge is 0.416 e. The van der Waals surface area contributed by atoms with Crippen molar-refractivity contribution in [2.24, 2.45) is 5.92 Å². The van der Waals surface area contributed by atoms with Crippen LogP contribution in [0.4, 0.5) is 13.2 Å². The molecule has 2 aliphatic rings. The molecule has 0 radical (unpaired) electrons. The maximum Gasteiger partial charge on any atom is 0.416 e. The van der Waals surface area contributed by atoms with Gasteiger partial charge in [0.15, 0.2) is 0 Å². The summed E-state index contributed by atoms with van der Waals surface area (Å²) in [5, 5.41) is 2.06. The van der Waals surface area contributed by atoms with E-state index in [-0.39, 0.29) is 17.5 Å². The lowest BCUT2D eigenvalue weighted by molar-refractivity contribution is -0.137. The number of alkyl halides is 3. The minimum atomic E-state index is -4.44. The number of amides is 1. The lowest BCUT2D eigenvalue weighted by atomic mass is 9.92. The first kappa shape index (κ1) is 18.5. The molecular weight excluding hydrogens is 373 g/mol. The van der Waals surface area contributed by atoms with Gasteiger partial charge in [-0.05, 0) is 54.9 Å². The third kappa shape index (κ3) is 3.89. The molecular formula is C20H21F3N2OS. The highest BCUT2D eigenvalue weighted by atomic mass is 32.1. The van der Waals surface area contributed by atoms with Crippen molar-refractivity contribution < 1.29 is 18.0 Å². The molecule has 1 amide bonds. The van der Waals surface area contributed by atoms with Gasteiger partial charge in [0.25, 0.3) is 5.91 Å². The van der Waals surface area contributed by atoms with Crippen LogP contribution >= 0.6 is 11.3 Å². The Balaban J connectivity index is 1.49. The van der Waals surface area contributed by atoms with Crippen molar-refractivity contribution in [2.45, 2.75) is 31.6 Å². The molecule has 2 saturated heterocycles. The Morgan fingerprint density at radius 2 is 2.04 bits per heavy atom. The first-order valence-electron chi connectivity index (χ1n) is 9.15. The molecule has 3 nitrogen and oxygen atoms in total. The number of thiophene rings is 1. The molecule has 2 atom stereocenters. The Labute approximate surface area is 160 Å². The predicted octanol–water partition coefficient (Wildman–Crippen LogP) is 4.50. The molecule has 2 aliphatic heterocycles. The van der Waals surface area contributed by atoms with Gasteiger partial charge in [-0.3, -0.25) is 9.69 Å². The monoisotopic (exact) mass is 394 g/mol. The zero-order chi connectivity index (χ0) is 19.0. The van der Waals surface area contributed by atoms with Crippen LogP contribution < -0.4 is 0 Å². The van der Waals surface area contributed by atoms with E-state index >= 15 is 0 Å². The third-order valence-electron chi connectivity index (χ3n) is 5.56. The van der Waals surface area contributed by atoms with Crippen LogP contribution in [0.25, 0.3) is 0 Å². The van der Waals surface area contributed by atoms with E-state index in [0.717, 1.165) is 38.1 Å². The van der Waals surface area contributed by atoms with Gasteiger partial charge in [-0.25, -0.2) is 0 Å². The lowest BCUT2D eigenvalue weighted by Gasteiger charge is -2.36. The van der Waals surface area contributed by atoms with E-state index in [1.165, 1.54) is 17.0 Å². The van der Waals surface area contributed by atoms with E-state index in [1.807, 2.05) is 6.07 Å². The second kappa shape index (κ2) is 7.28. The number of nitrogens with zero attached hydrogens (tertiary/aromatic N) is 2. The number of likely N-dealkylation sites (tertiary alicyclic amines) is 2. The van der Waals surface area contributed by atoms with Crippen LogP contribution in [0.1, 0.15) is 33.6 Å². The highest BCUT2D eigenvalue weighted by Gasteiger charge is 2.41. The number of carbonyl (C=O) groups excluding carboxylic acids is 1. The fourth-order valence-electron chi connectivity index (χ4n) is 4.25. The van der Waals surface area contributed by atoms with Crippen LogP contribution in [0.15, 0.2) is 41.8 Å². The maximum absolute atomic E-state index is 13.0. The summed E-state index contributed by atoms with van der Waals surface area (Å²) >= 11 is 1.73. The van der Waals surface area contributed by atoms with Crippen molar-refractivity contribution in [2.75, 3.05) is 19.6 Å². The molecule has 3 heterocycles. The average Bonchev–Trinajstić information content (AvgIpc) is 3.30. The van der Waals surface area contributed by atoms with E-state index < -0.39 is 11.7 Å². The van der Waals surface area contributed by atoms with Gasteiger partial charge in [0.2, 0.25) is 0 Å². The number of benzene rings is 1. The first-order valence-corrected chi connectivity index (χ1v) is 10.0. The minimum Gasteiger partial charge on any atom is -0.337 e. The van der Waals surface area contributed by atoms with Gasteiger partial charge in [0.1, 0.15) is 0 Å². The molecule has 7 heteroatoms. The van der Waals surface area contributed by atoms with Gasteiger partial charge in [-0.1, -0.05) is 12.1 Å². The number of rotatable bonds is 3. The van der Waals surface area contributed by atoms with Gasteiger partial charge < -0.3 is 4.90 Å². The molecule has 4 rings (SSSR count). The molecule has 1 aromatic heterocycles. The molecule has 144 valence electrons. The first-order chi connectivity index (χ1) is 12.9. The van der Waals surface area contributed by atoms with Crippen molar-refractivity contribution in [3.8, 4) is 0 Å². The standard InChI is InChI=1S/C20H21F3N2OS/c21-20(22,23)16-6-1-4-14(10-16)19(26)25-11-15-5-2-8-24(18(15)13-25)12-17-7-3-9-27-17/h1,3-4,6-7,9-10,15,18H,2,5,8,11-13H2/t15-,18+/m1/s1. The number of halogens is 3. The Kier molecular flexibility index (Phi) is 4.99. The number of fused-ring (bicyclic) bond motifs is 1. The van der Waals surface area contributed by atoms with E-state index in [2.05, 4.69) is 16.3 Å². The molecule has 0 bridgehead atoms. The summed E-state index contributed by atoms with van der Waals surface area (Å²) in [4.78, 5) is 18.3. The van der Waals surface area contributed by atoms with E-state index in [1.54, 1.807) is 16.2 Å². The van der Waals surface area contributed by atoms with Crippen LogP contribution in [0.2, 0.25) is 0 Å². The fraction of sp³-hybridized carbons (Fsp3) is 0.450. The SMILES string of the molecule is O=C(c1cccc(C(F)(F)F)c1)N1C[C@H]2CCCN(Cc3cccs3)[C@H]2C1. The van der Waals surface area contributed by atoms with Gasteiger partial charge >= 0.3 is 6.18 Å². The van der Waals surface area contributed by atoms with Gasteiger partial charge in [-0.15, -0.1) is 11.3 Å². The Bertz CT molecular complexity index is 806. The molecule has 27 heavy (non-hydrogen) atoms. The topological polar surface area (TPSA) is 23.6 Å². The van der Waals surface area contributed by atoms with Crippen molar-refractivity contribution in [1.29, 1.82) is 0 Å². The van der Waals surface area contributed by atoms with E-state index in [9.17, 15) is 18.0 Å². The second-order valence-corrected chi connectivity index (χ2v) is 8.34. The Morgan fingerprint density at radius 1 is 1.19 bits per heavy atom. The Hall–Kier alpha value is -1.86. The average molecular weight is 394 g/mol. The number of piperidine rings is 1. The van der Waals surface area contributed by atoms with Crippen LogP contribution in [0, 0.1) is 5.92 Å². The number of hydrogen-bond acceptors (Lipinski definition) is 3. The number of carbonyl (C=O) groups is 1. The smallest absolute Gasteiger partial charge is 0.337 e. The van der Waals surface area contributed by atoms with Gasteiger partial charge in [0, 0.05) is 36.1 Å². The summed E-state index contributed by atoms with van der Waals surface area (Å²) in [6.07, 6.45) is -2.27. The Morgan fingerprint density at radius 3 is 2.78 bits per heavy atom. The molecule has 0 aliphatic carbocycles. The predicted molar refractivity (Wildman–Crippen MR) is 98.6 cm³/mol. The third-order valence-corrected chi connectivity index (χ3v) is 6.42. The van der Waals surface area contributed by atoms with Gasteiger partial charge in [0.05, 0.1) is 5.56 Å². The van der Waals surface area contributed by atoms with Crippen molar-refractivity contribution >= 4 is 17.2 Å². The molecule has 2 fully saturated rings. The van der Waals surface area contributed by atoms with Crippen LogP contribution in [-0.2, 0) is 12.7 Å².